The van der Waals surface area contributed by atoms with E-state index in [1.165, 1.54) is 0 Å². The largest absolute Gasteiger partial charge is 0.382 e. The van der Waals surface area contributed by atoms with Crippen LogP contribution >= 0.6 is 0 Å². The highest BCUT2D eigenvalue weighted by atomic mass is 15.1. The second-order valence-electron chi connectivity index (χ2n) is 3.35. The minimum atomic E-state index is 0.464. The summed E-state index contributed by atoms with van der Waals surface area (Å²) in [5, 5.41) is 7.96. The van der Waals surface area contributed by atoms with Gasteiger partial charge in [-0.2, -0.15) is 5.10 Å². The fourth-order valence-electron chi connectivity index (χ4n) is 1.56. The molecule has 0 fully saturated rings. The third-order valence-corrected chi connectivity index (χ3v) is 2.31. The van der Waals surface area contributed by atoms with Crippen molar-refractivity contribution in [2.24, 2.45) is 0 Å². The van der Waals surface area contributed by atoms with E-state index < -0.39 is 0 Å². The molecule has 3 nitrogen and oxygen atoms in total. The van der Waals surface area contributed by atoms with Gasteiger partial charge in [0.2, 0.25) is 0 Å². The Bertz CT molecular complexity index is 452. The molecule has 1 aromatic heterocycles. The molecule has 0 unspecified atom stereocenters. The number of aromatic nitrogens is 2. The van der Waals surface area contributed by atoms with Crippen molar-refractivity contribution < 1.29 is 0 Å². The van der Waals surface area contributed by atoms with Crippen LogP contribution in [-0.4, -0.2) is 10.2 Å². The van der Waals surface area contributed by atoms with Crippen LogP contribution in [0.5, 0.6) is 0 Å². The van der Waals surface area contributed by atoms with Crippen LogP contribution in [0.1, 0.15) is 12.6 Å². The van der Waals surface area contributed by atoms with E-state index in [2.05, 4.69) is 29.3 Å². The molecule has 76 valence electrons. The number of hydrogen-bond donors (Lipinski definition) is 1. The molecule has 0 bridgehead atoms. The summed E-state index contributed by atoms with van der Waals surface area (Å²) in [5.41, 5.74) is 8.84. The summed E-state index contributed by atoms with van der Waals surface area (Å²) in [6.45, 7) is 2.06. The molecule has 3 heteroatoms. The van der Waals surface area contributed by atoms with Gasteiger partial charge >= 0.3 is 0 Å². The van der Waals surface area contributed by atoms with Gasteiger partial charge in [-0.05, 0) is 18.1 Å². The van der Waals surface area contributed by atoms with E-state index in [1.807, 2.05) is 24.3 Å². The maximum atomic E-state index is 5.65. The van der Waals surface area contributed by atoms with Gasteiger partial charge in [0.05, 0.1) is 5.69 Å². The molecule has 0 aliphatic carbocycles. The van der Waals surface area contributed by atoms with E-state index in [4.69, 9.17) is 5.73 Å². The molecule has 0 atom stereocenters. The van der Waals surface area contributed by atoms with E-state index >= 15 is 0 Å². The number of benzene rings is 1. The predicted molar refractivity (Wildman–Crippen MR) is 61.3 cm³/mol. The highest BCUT2D eigenvalue weighted by molar-refractivity contribution is 5.67. The van der Waals surface area contributed by atoms with Crippen molar-refractivity contribution in [2.45, 2.75) is 13.3 Å². The lowest BCUT2D eigenvalue weighted by atomic mass is 10.0. The van der Waals surface area contributed by atoms with Crippen LogP contribution < -0.4 is 5.73 Å². The van der Waals surface area contributed by atoms with Crippen molar-refractivity contribution in [1.82, 2.24) is 10.2 Å². The molecule has 2 rings (SSSR count). The zero-order valence-electron chi connectivity index (χ0n) is 8.64. The second-order valence-corrected chi connectivity index (χ2v) is 3.35. The molecule has 0 amide bonds. The normalized spacial score (nSPS) is 10.2. The molecule has 0 radical (unpaired) electrons. The molecule has 15 heavy (non-hydrogen) atoms. The molecule has 0 spiro atoms. The molecule has 2 N–H and O–H groups in total. The third-order valence-electron chi connectivity index (χ3n) is 2.31. The Labute approximate surface area is 89.0 Å². The highest BCUT2D eigenvalue weighted by Gasteiger charge is 2.05. The van der Waals surface area contributed by atoms with Gasteiger partial charge in [-0.1, -0.05) is 37.3 Å². The molecule has 0 aliphatic heterocycles. The molecule has 0 saturated carbocycles. The molecule has 1 aromatic carbocycles. The maximum absolute atomic E-state index is 5.65. The second kappa shape index (κ2) is 4.09. The smallest absolute Gasteiger partial charge is 0.146 e. The van der Waals surface area contributed by atoms with Crippen molar-refractivity contribution in [1.29, 1.82) is 0 Å². The number of anilines is 1. The number of nitrogens with zero attached hydrogens (tertiary/aromatic N) is 2. The Morgan fingerprint density at radius 1 is 1.13 bits per heavy atom. The number of aryl methyl sites for hydroxylation is 1. The Morgan fingerprint density at radius 2 is 1.87 bits per heavy atom. The first-order chi connectivity index (χ1) is 7.31. The summed E-state index contributed by atoms with van der Waals surface area (Å²) in [4.78, 5) is 0. The van der Waals surface area contributed by atoms with Crippen molar-refractivity contribution >= 4 is 5.82 Å². The molecule has 1 heterocycles. The Hall–Kier alpha value is -1.90. The number of hydrogen-bond acceptors (Lipinski definition) is 3. The van der Waals surface area contributed by atoms with E-state index in [0.717, 1.165) is 23.2 Å². The first-order valence-corrected chi connectivity index (χ1v) is 4.98. The Balaban J connectivity index is 2.56. The maximum Gasteiger partial charge on any atom is 0.146 e. The zero-order chi connectivity index (χ0) is 10.7. The third kappa shape index (κ3) is 1.96. The predicted octanol–water partition coefficient (Wildman–Crippen LogP) is 2.29. The van der Waals surface area contributed by atoms with Gasteiger partial charge in [-0.3, -0.25) is 0 Å². The van der Waals surface area contributed by atoms with E-state index in [9.17, 15) is 0 Å². The highest BCUT2D eigenvalue weighted by Crippen LogP contribution is 2.23. The molecule has 0 saturated heterocycles. The van der Waals surface area contributed by atoms with Crippen LogP contribution in [0.4, 0.5) is 5.82 Å². The Kier molecular flexibility index (Phi) is 2.63. The summed E-state index contributed by atoms with van der Waals surface area (Å²) >= 11 is 0. The minimum absolute atomic E-state index is 0.464. The van der Waals surface area contributed by atoms with Crippen LogP contribution in [-0.2, 0) is 6.42 Å². The van der Waals surface area contributed by atoms with Gasteiger partial charge in [0, 0.05) is 5.56 Å². The monoisotopic (exact) mass is 199 g/mol. The SMILES string of the molecule is CCc1nnc(N)cc1-c1ccccc1. The van der Waals surface area contributed by atoms with Crippen LogP contribution in [0.3, 0.4) is 0 Å². The van der Waals surface area contributed by atoms with Gasteiger partial charge in [-0.15, -0.1) is 5.10 Å². The van der Waals surface area contributed by atoms with Crippen molar-refractivity contribution in [3.63, 3.8) is 0 Å². The lowest BCUT2D eigenvalue weighted by Gasteiger charge is -2.06. The van der Waals surface area contributed by atoms with Crippen LogP contribution in [0, 0.1) is 0 Å². The van der Waals surface area contributed by atoms with Crippen molar-refractivity contribution in [2.75, 3.05) is 5.73 Å². The van der Waals surface area contributed by atoms with E-state index in [0.29, 0.717) is 5.82 Å². The number of nitrogen functional groups attached to an aromatic ring is 1. The standard InChI is InChI=1S/C12H13N3/c1-2-11-10(8-12(13)15-14-11)9-6-4-3-5-7-9/h3-8H,2H2,1H3,(H2,13,15). The van der Waals surface area contributed by atoms with Crippen LogP contribution in [0.2, 0.25) is 0 Å². The number of nitrogens with two attached hydrogens (primary N) is 1. The van der Waals surface area contributed by atoms with E-state index in [-0.39, 0.29) is 0 Å². The van der Waals surface area contributed by atoms with Crippen LogP contribution in [0.15, 0.2) is 36.4 Å². The Morgan fingerprint density at radius 3 is 2.53 bits per heavy atom. The summed E-state index contributed by atoms with van der Waals surface area (Å²) in [7, 11) is 0. The first-order valence-electron chi connectivity index (χ1n) is 4.98. The summed E-state index contributed by atoms with van der Waals surface area (Å²) in [5.74, 6) is 0.464. The molecular formula is C12H13N3. The lowest BCUT2D eigenvalue weighted by Crippen LogP contribution is -1.99. The fraction of sp³-hybridized carbons (Fsp3) is 0.167. The minimum Gasteiger partial charge on any atom is -0.382 e. The molecule has 0 aliphatic rings. The quantitative estimate of drug-likeness (QED) is 0.807. The number of rotatable bonds is 2. The first kappa shape index (κ1) is 9.65. The molecule has 2 aromatic rings. The van der Waals surface area contributed by atoms with Gasteiger partial charge < -0.3 is 5.73 Å². The van der Waals surface area contributed by atoms with Crippen molar-refractivity contribution in [3.8, 4) is 11.1 Å². The molecular weight excluding hydrogens is 186 g/mol. The lowest BCUT2D eigenvalue weighted by molar-refractivity contribution is 0.929. The average Bonchev–Trinajstić information content (AvgIpc) is 2.30. The fourth-order valence-corrected chi connectivity index (χ4v) is 1.56. The van der Waals surface area contributed by atoms with Gasteiger partial charge in [0.15, 0.2) is 0 Å². The van der Waals surface area contributed by atoms with Gasteiger partial charge in [-0.25, -0.2) is 0 Å². The average molecular weight is 199 g/mol. The van der Waals surface area contributed by atoms with Gasteiger partial charge in [0.25, 0.3) is 0 Å². The van der Waals surface area contributed by atoms with Crippen LogP contribution in [0.25, 0.3) is 11.1 Å². The summed E-state index contributed by atoms with van der Waals surface area (Å²) < 4.78 is 0. The summed E-state index contributed by atoms with van der Waals surface area (Å²) in [6.07, 6.45) is 0.859. The summed E-state index contributed by atoms with van der Waals surface area (Å²) in [6, 6.07) is 12.0. The van der Waals surface area contributed by atoms with Crippen molar-refractivity contribution in [3.05, 3.63) is 42.1 Å². The zero-order valence-corrected chi connectivity index (χ0v) is 8.64. The van der Waals surface area contributed by atoms with E-state index in [1.54, 1.807) is 0 Å². The topological polar surface area (TPSA) is 51.8 Å². The van der Waals surface area contributed by atoms with Gasteiger partial charge in [0.1, 0.15) is 5.82 Å².